The number of aromatic amines is 2. The molecule has 3 N–H and O–H groups in total. The van der Waals surface area contributed by atoms with E-state index in [1.807, 2.05) is 41.1 Å². The average Bonchev–Trinajstić information content (AvgIpc) is 3.24. The van der Waals surface area contributed by atoms with Crippen LogP contribution >= 0.6 is 11.3 Å². The first kappa shape index (κ1) is 13.6. The first-order valence-electron chi connectivity index (χ1n) is 6.96. The van der Waals surface area contributed by atoms with E-state index < -0.39 is 0 Å². The summed E-state index contributed by atoms with van der Waals surface area (Å²) in [7, 11) is 0. The van der Waals surface area contributed by atoms with Gasteiger partial charge in [0.1, 0.15) is 11.6 Å². The predicted molar refractivity (Wildman–Crippen MR) is 89.4 cm³/mol. The van der Waals surface area contributed by atoms with Crippen molar-refractivity contribution in [2.24, 2.45) is 0 Å². The Kier molecular flexibility index (Phi) is 3.35. The zero-order valence-corrected chi connectivity index (χ0v) is 12.7. The Balaban J connectivity index is 1.75. The lowest BCUT2D eigenvalue weighted by Gasteiger charge is -2.09. The number of H-pyrrole nitrogens is 2. The molecule has 0 aliphatic rings. The van der Waals surface area contributed by atoms with Gasteiger partial charge < -0.3 is 5.32 Å². The van der Waals surface area contributed by atoms with Crippen LogP contribution in [-0.4, -0.2) is 25.1 Å². The van der Waals surface area contributed by atoms with E-state index in [0.717, 1.165) is 16.5 Å². The molecule has 0 aliphatic heterocycles. The summed E-state index contributed by atoms with van der Waals surface area (Å²) in [6, 6.07) is 9.79. The molecular weight excluding hydrogens is 312 g/mol. The first-order valence-corrected chi connectivity index (χ1v) is 7.91. The third-order valence-electron chi connectivity index (χ3n) is 3.36. The van der Waals surface area contributed by atoms with Gasteiger partial charge in [0.05, 0.1) is 12.1 Å². The highest BCUT2D eigenvalue weighted by atomic mass is 32.1. The second-order valence-electron chi connectivity index (χ2n) is 4.90. The van der Waals surface area contributed by atoms with Gasteiger partial charge in [-0.2, -0.15) is 16.4 Å². The highest BCUT2D eigenvalue weighted by Crippen LogP contribution is 2.26. The number of hydrogen-bond acceptors (Lipinski definition) is 6. The van der Waals surface area contributed by atoms with Crippen LogP contribution in [-0.2, 0) is 6.54 Å². The van der Waals surface area contributed by atoms with Gasteiger partial charge in [0, 0.05) is 16.3 Å². The fourth-order valence-corrected chi connectivity index (χ4v) is 2.92. The summed E-state index contributed by atoms with van der Waals surface area (Å²) in [5.41, 5.74) is 1.52. The Labute approximate surface area is 134 Å². The summed E-state index contributed by atoms with van der Waals surface area (Å²) in [6.45, 7) is 0.364. The summed E-state index contributed by atoms with van der Waals surface area (Å²) in [4.78, 5) is 22.9. The average molecular weight is 324 g/mol. The fraction of sp³-hybridized carbons (Fsp3) is 0.0667. The molecule has 0 aliphatic carbocycles. The van der Waals surface area contributed by atoms with E-state index in [9.17, 15) is 4.79 Å². The molecule has 7 nitrogen and oxygen atoms in total. The largest absolute Gasteiger partial charge is 0.362 e. The number of hydrogen-bond donors (Lipinski definition) is 3. The van der Waals surface area contributed by atoms with Gasteiger partial charge in [-0.05, 0) is 23.6 Å². The van der Waals surface area contributed by atoms with Gasteiger partial charge in [-0.1, -0.05) is 12.1 Å². The van der Waals surface area contributed by atoms with Crippen molar-refractivity contribution >= 4 is 28.1 Å². The van der Waals surface area contributed by atoms with E-state index in [1.54, 1.807) is 11.3 Å². The zero-order chi connectivity index (χ0) is 15.6. The normalized spacial score (nSPS) is 11.0. The molecule has 23 heavy (non-hydrogen) atoms. The van der Waals surface area contributed by atoms with Crippen LogP contribution in [0.4, 0.5) is 5.82 Å². The maximum absolute atomic E-state index is 11.1. The van der Waals surface area contributed by atoms with E-state index in [4.69, 9.17) is 0 Å². The molecule has 114 valence electrons. The predicted octanol–water partition coefficient (Wildman–Crippen LogP) is 2.38. The quantitative estimate of drug-likeness (QED) is 0.535. The van der Waals surface area contributed by atoms with Gasteiger partial charge >= 0.3 is 5.69 Å². The van der Waals surface area contributed by atoms with E-state index in [0.29, 0.717) is 24.0 Å². The minimum atomic E-state index is -0.326. The van der Waals surface area contributed by atoms with E-state index in [1.165, 1.54) is 0 Å². The van der Waals surface area contributed by atoms with E-state index >= 15 is 0 Å². The molecule has 0 atom stereocenters. The molecule has 0 saturated carbocycles. The molecule has 8 heteroatoms. The molecule has 1 aromatic carbocycles. The number of thiophene rings is 1. The van der Waals surface area contributed by atoms with Crippen LogP contribution in [0.25, 0.3) is 22.3 Å². The molecule has 0 fully saturated rings. The van der Waals surface area contributed by atoms with E-state index in [-0.39, 0.29) is 5.69 Å². The highest BCUT2D eigenvalue weighted by molar-refractivity contribution is 7.08. The maximum Gasteiger partial charge on any atom is 0.340 e. The Hall–Kier alpha value is -3.00. The topological polar surface area (TPSA) is 99.3 Å². The monoisotopic (exact) mass is 324 g/mol. The molecule has 0 spiro atoms. The third-order valence-corrected chi connectivity index (χ3v) is 4.04. The van der Waals surface area contributed by atoms with Crippen molar-refractivity contribution in [3.05, 3.63) is 57.4 Å². The second kappa shape index (κ2) is 5.65. The van der Waals surface area contributed by atoms with Crippen LogP contribution in [0.5, 0.6) is 0 Å². The summed E-state index contributed by atoms with van der Waals surface area (Å²) in [5.74, 6) is 1.90. The fourth-order valence-electron chi connectivity index (χ4n) is 2.29. The molecule has 0 unspecified atom stereocenters. The lowest BCUT2D eigenvalue weighted by atomic mass is 10.2. The van der Waals surface area contributed by atoms with Crippen LogP contribution in [0.1, 0.15) is 5.82 Å². The van der Waals surface area contributed by atoms with Crippen molar-refractivity contribution in [2.75, 3.05) is 5.32 Å². The van der Waals surface area contributed by atoms with Crippen molar-refractivity contribution in [2.45, 2.75) is 6.54 Å². The lowest BCUT2D eigenvalue weighted by molar-refractivity contribution is 0.948. The minimum Gasteiger partial charge on any atom is -0.362 e. The number of fused-ring (bicyclic) bond motifs is 1. The minimum absolute atomic E-state index is 0.326. The SMILES string of the molecule is O=c1[nH]nc(CNc2nc(-c3ccsc3)nc3ccccc23)[nH]1. The number of nitrogens with one attached hydrogen (secondary N) is 3. The van der Waals surface area contributed by atoms with Crippen molar-refractivity contribution < 1.29 is 0 Å². The third kappa shape index (κ3) is 2.71. The van der Waals surface area contributed by atoms with Crippen LogP contribution in [0.3, 0.4) is 0 Å². The smallest absolute Gasteiger partial charge is 0.340 e. The molecule has 0 amide bonds. The molecular formula is C15H12N6OS. The van der Waals surface area contributed by atoms with Gasteiger partial charge in [0.15, 0.2) is 5.82 Å². The Bertz CT molecular complexity index is 1000. The summed E-state index contributed by atoms with van der Waals surface area (Å²) in [6.07, 6.45) is 0. The van der Waals surface area contributed by atoms with Crippen LogP contribution in [0.2, 0.25) is 0 Å². The van der Waals surface area contributed by atoms with Crippen molar-refractivity contribution in [3.8, 4) is 11.4 Å². The van der Waals surface area contributed by atoms with Crippen LogP contribution in [0, 0.1) is 0 Å². The van der Waals surface area contributed by atoms with Gasteiger partial charge in [-0.25, -0.2) is 19.9 Å². The van der Waals surface area contributed by atoms with Crippen LogP contribution in [0.15, 0.2) is 45.9 Å². The highest BCUT2D eigenvalue weighted by Gasteiger charge is 2.10. The zero-order valence-electron chi connectivity index (χ0n) is 11.9. The molecule has 0 saturated heterocycles. The Morgan fingerprint density at radius 3 is 2.87 bits per heavy atom. The molecule has 0 bridgehead atoms. The maximum atomic E-state index is 11.1. The Morgan fingerprint density at radius 2 is 2.09 bits per heavy atom. The number of anilines is 1. The van der Waals surface area contributed by atoms with Gasteiger partial charge in [0.25, 0.3) is 0 Å². The number of para-hydroxylation sites is 1. The lowest BCUT2D eigenvalue weighted by Crippen LogP contribution is -2.07. The van der Waals surface area contributed by atoms with Gasteiger partial charge in [0.2, 0.25) is 0 Å². The van der Waals surface area contributed by atoms with Gasteiger partial charge in [-0.15, -0.1) is 0 Å². The summed E-state index contributed by atoms with van der Waals surface area (Å²) in [5, 5.41) is 14.4. The molecule has 3 aromatic heterocycles. The molecule has 3 heterocycles. The molecule has 4 rings (SSSR count). The second-order valence-corrected chi connectivity index (χ2v) is 5.68. The number of rotatable bonds is 4. The van der Waals surface area contributed by atoms with Crippen molar-refractivity contribution in [3.63, 3.8) is 0 Å². The Morgan fingerprint density at radius 1 is 1.17 bits per heavy atom. The van der Waals surface area contributed by atoms with Crippen LogP contribution < -0.4 is 11.0 Å². The summed E-state index contributed by atoms with van der Waals surface area (Å²) < 4.78 is 0. The van der Waals surface area contributed by atoms with E-state index in [2.05, 4.69) is 30.5 Å². The number of nitrogens with zero attached hydrogens (tertiary/aromatic N) is 3. The molecule has 4 aromatic rings. The standard InChI is InChI=1S/C15H12N6OS/c22-15-18-12(20-21-15)7-16-14-10-3-1-2-4-11(10)17-13(19-14)9-5-6-23-8-9/h1-6,8H,7H2,(H,16,17,19)(H2,18,20,21,22). The van der Waals surface area contributed by atoms with Crippen molar-refractivity contribution in [1.82, 2.24) is 25.1 Å². The summed E-state index contributed by atoms with van der Waals surface area (Å²) >= 11 is 1.60. The molecule has 0 radical (unpaired) electrons. The van der Waals surface area contributed by atoms with Crippen molar-refractivity contribution in [1.29, 1.82) is 0 Å². The van der Waals surface area contributed by atoms with Gasteiger partial charge in [-0.3, -0.25) is 4.98 Å². The number of benzene rings is 1. The number of aromatic nitrogens is 5. The first-order chi connectivity index (χ1) is 11.3.